The number of benzene rings is 2. The Morgan fingerprint density at radius 2 is 1.60 bits per heavy atom. The number of alkyl carbamates (subject to hydrolysis) is 1. The van der Waals surface area contributed by atoms with Gasteiger partial charge in [0, 0.05) is 31.3 Å². The van der Waals surface area contributed by atoms with Gasteiger partial charge in [0.25, 0.3) is 0 Å². The quantitative estimate of drug-likeness (QED) is 0.370. The zero-order valence-corrected chi connectivity index (χ0v) is 20.6. The average molecular weight is 481 g/mol. The molecule has 2 aromatic carbocycles. The Labute approximate surface area is 207 Å². The molecule has 35 heavy (non-hydrogen) atoms. The number of hydrogen-bond acceptors (Lipinski definition) is 4. The number of ether oxygens (including phenoxy) is 1. The van der Waals surface area contributed by atoms with E-state index in [0.717, 1.165) is 24.0 Å². The predicted molar refractivity (Wildman–Crippen MR) is 135 cm³/mol. The minimum absolute atomic E-state index is 0.0219. The van der Waals surface area contributed by atoms with Gasteiger partial charge in [-0.3, -0.25) is 9.59 Å². The van der Waals surface area contributed by atoms with Crippen LogP contribution < -0.4 is 10.6 Å². The van der Waals surface area contributed by atoms with Crippen molar-refractivity contribution in [1.29, 1.82) is 0 Å². The van der Waals surface area contributed by atoms with E-state index in [0.29, 0.717) is 19.4 Å². The Morgan fingerprint density at radius 1 is 0.971 bits per heavy atom. The first kappa shape index (κ1) is 26.3. The highest BCUT2D eigenvalue weighted by Crippen LogP contribution is 2.44. The fraction of sp³-hybridized carbons (Fsp3) is 0.464. The molecule has 7 heteroatoms. The number of carbonyl (C=O) groups is 3. The molecule has 0 fully saturated rings. The van der Waals surface area contributed by atoms with E-state index in [2.05, 4.69) is 41.8 Å². The summed E-state index contributed by atoms with van der Waals surface area (Å²) in [6, 6.07) is 16.0. The number of amides is 2. The molecule has 0 radical (unpaired) electrons. The number of fused-ring (bicyclic) bond motifs is 3. The van der Waals surface area contributed by atoms with E-state index in [1.165, 1.54) is 11.1 Å². The molecule has 2 aromatic rings. The fourth-order valence-electron chi connectivity index (χ4n) is 4.64. The summed E-state index contributed by atoms with van der Waals surface area (Å²) < 4.78 is 5.64. The molecule has 1 unspecified atom stereocenters. The fourth-order valence-corrected chi connectivity index (χ4v) is 4.64. The molecule has 3 rings (SSSR count). The highest BCUT2D eigenvalue weighted by molar-refractivity contribution is 5.79. The van der Waals surface area contributed by atoms with Crippen molar-refractivity contribution in [3.8, 4) is 11.1 Å². The van der Waals surface area contributed by atoms with Crippen molar-refractivity contribution in [2.75, 3.05) is 13.2 Å². The van der Waals surface area contributed by atoms with Crippen LogP contribution in [0.25, 0.3) is 11.1 Å². The summed E-state index contributed by atoms with van der Waals surface area (Å²) in [6.07, 6.45) is 2.78. The zero-order chi connectivity index (χ0) is 25.2. The third-order valence-corrected chi connectivity index (χ3v) is 6.63. The van der Waals surface area contributed by atoms with Gasteiger partial charge in [-0.25, -0.2) is 4.79 Å². The van der Waals surface area contributed by atoms with Crippen LogP contribution in [0.4, 0.5) is 4.79 Å². The van der Waals surface area contributed by atoms with Crippen molar-refractivity contribution in [3.63, 3.8) is 0 Å². The van der Waals surface area contributed by atoms with Crippen molar-refractivity contribution in [2.45, 2.75) is 64.3 Å². The maximum absolute atomic E-state index is 12.7. The van der Waals surface area contributed by atoms with Gasteiger partial charge in [-0.1, -0.05) is 81.6 Å². The monoisotopic (exact) mass is 480 g/mol. The molecule has 1 aliphatic carbocycles. The molecule has 2 atom stereocenters. The van der Waals surface area contributed by atoms with E-state index >= 15 is 0 Å². The second-order valence-corrected chi connectivity index (χ2v) is 9.19. The van der Waals surface area contributed by atoms with Gasteiger partial charge in [0.2, 0.25) is 5.91 Å². The van der Waals surface area contributed by atoms with Crippen molar-refractivity contribution in [3.05, 3.63) is 59.7 Å². The molecular formula is C28H36N2O5. The molecule has 0 bridgehead atoms. The predicted octanol–water partition coefficient (Wildman–Crippen LogP) is 5.09. The summed E-state index contributed by atoms with van der Waals surface area (Å²) in [5, 5.41) is 14.7. The number of carboxylic acid groups (broad SMARTS) is 1. The average Bonchev–Trinajstić information content (AvgIpc) is 3.17. The maximum atomic E-state index is 12.7. The van der Waals surface area contributed by atoms with Gasteiger partial charge in [0.05, 0.1) is 0 Å². The van der Waals surface area contributed by atoms with Gasteiger partial charge in [-0.15, -0.1) is 0 Å². The summed E-state index contributed by atoms with van der Waals surface area (Å²) in [4.78, 5) is 36.1. The zero-order valence-electron chi connectivity index (χ0n) is 20.6. The second kappa shape index (κ2) is 12.9. The Hall–Kier alpha value is -3.35. The standard InChI is InChI=1S/C28H36N2O5/c1-3-5-10-20(16-26(31)29-17-19(4-2)15-27(32)33)30-28(34)35-18-25-23-13-8-6-11-21(23)22-12-7-9-14-24(22)25/h6-9,11-14,19-20,25H,3-5,10,15-18H2,1-2H3,(H,29,31)(H,30,34)(H,32,33)/t19?,20-/m1/s1. The number of carboxylic acids is 1. The van der Waals surface area contributed by atoms with Gasteiger partial charge in [0.1, 0.15) is 6.61 Å². The number of unbranched alkanes of at least 4 members (excludes halogenated alkanes) is 1. The van der Waals surface area contributed by atoms with E-state index in [-0.39, 0.29) is 43.2 Å². The number of hydrogen-bond donors (Lipinski definition) is 3. The Balaban J connectivity index is 1.55. The molecule has 0 heterocycles. The Kier molecular flexibility index (Phi) is 9.70. The SMILES string of the molecule is CCCC[C@H](CC(=O)NCC(CC)CC(=O)O)NC(=O)OCC1c2ccccc2-c2ccccc21. The van der Waals surface area contributed by atoms with Gasteiger partial charge in [-0.2, -0.15) is 0 Å². The number of nitrogens with one attached hydrogen (secondary N) is 2. The van der Waals surface area contributed by atoms with Crippen LogP contribution in [0.3, 0.4) is 0 Å². The van der Waals surface area contributed by atoms with E-state index in [4.69, 9.17) is 9.84 Å². The molecule has 0 aliphatic heterocycles. The van der Waals surface area contributed by atoms with Crippen LogP contribution in [-0.2, 0) is 14.3 Å². The molecule has 0 spiro atoms. The van der Waals surface area contributed by atoms with Crippen LogP contribution in [0, 0.1) is 5.92 Å². The minimum atomic E-state index is -0.871. The van der Waals surface area contributed by atoms with Crippen LogP contribution >= 0.6 is 0 Å². The Morgan fingerprint density at radius 3 is 2.17 bits per heavy atom. The molecule has 7 nitrogen and oxygen atoms in total. The van der Waals surface area contributed by atoms with Crippen molar-refractivity contribution in [1.82, 2.24) is 10.6 Å². The van der Waals surface area contributed by atoms with E-state index < -0.39 is 12.1 Å². The highest BCUT2D eigenvalue weighted by Gasteiger charge is 2.29. The third kappa shape index (κ3) is 7.31. The normalized spacial score (nSPS) is 13.9. The molecule has 0 saturated carbocycles. The number of rotatable bonds is 13. The van der Waals surface area contributed by atoms with E-state index in [9.17, 15) is 14.4 Å². The van der Waals surface area contributed by atoms with Crippen LogP contribution in [-0.4, -0.2) is 42.3 Å². The van der Waals surface area contributed by atoms with Gasteiger partial charge < -0.3 is 20.5 Å². The smallest absolute Gasteiger partial charge is 0.407 e. The summed E-state index contributed by atoms with van der Waals surface area (Å²) in [6.45, 7) is 4.50. The lowest BCUT2D eigenvalue weighted by Crippen LogP contribution is -2.40. The third-order valence-electron chi connectivity index (χ3n) is 6.63. The van der Waals surface area contributed by atoms with Crippen molar-refractivity contribution in [2.24, 2.45) is 5.92 Å². The van der Waals surface area contributed by atoms with Crippen molar-refractivity contribution >= 4 is 18.0 Å². The largest absolute Gasteiger partial charge is 0.481 e. The molecule has 0 saturated heterocycles. The maximum Gasteiger partial charge on any atom is 0.407 e. The van der Waals surface area contributed by atoms with Gasteiger partial charge in [0.15, 0.2) is 0 Å². The topological polar surface area (TPSA) is 105 Å². The molecule has 2 amide bonds. The minimum Gasteiger partial charge on any atom is -0.481 e. The second-order valence-electron chi connectivity index (χ2n) is 9.19. The lowest BCUT2D eigenvalue weighted by molar-refractivity contribution is -0.138. The molecule has 1 aliphatic rings. The number of carbonyl (C=O) groups excluding carboxylic acids is 2. The number of aliphatic carboxylic acids is 1. The molecule has 188 valence electrons. The van der Waals surface area contributed by atoms with Gasteiger partial charge >= 0.3 is 12.1 Å². The first-order chi connectivity index (χ1) is 16.9. The molecule has 0 aromatic heterocycles. The molecular weight excluding hydrogens is 444 g/mol. The summed E-state index contributed by atoms with van der Waals surface area (Å²) in [5.74, 6) is -1.20. The summed E-state index contributed by atoms with van der Waals surface area (Å²) in [5.41, 5.74) is 4.64. The van der Waals surface area contributed by atoms with Crippen LogP contribution in [0.15, 0.2) is 48.5 Å². The lowest BCUT2D eigenvalue weighted by Gasteiger charge is -2.20. The first-order valence-corrected chi connectivity index (χ1v) is 12.5. The highest BCUT2D eigenvalue weighted by atomic mass is 16.5. The summed E-state index contributed by atoms with van der Waals surface area (Å²) >= 11 is 0. The van der Waals surface area contributed by atoms with Crippen LogP contribution in [0.5, 0.6) is 0 Å². The van der Waals surface area contributed by atoms with E-state index in [1.54, 1.807) is 0 Å². The Bertz CT molecular complexity index is 976. The van der Waals surface area contributed by atoms with Crippen LogP contribution in [0.1, 0.15) is 69.4 Å². The van der Waals surface area contributed by atoms with E-state index in [1.807, 2.05) is 31.2 Å². The van der Waals surface area contributed by atoms with Crippen molar-refractivity contribution < 1.29 is 24.2 Å². The summed E-state index contributed by atoms with van der Waals surface area (Å²) in [7, 11) is 0. The van der Waals surface area contributed by atoms with Crippen LogP contribution in [0.2, 0.25) is 0 Å². The first-order valence-electron chi connectivity index (χ1n) is 12.5. The lowest BCUT2D eigenvalue weighted by atomic mass is 9.98. The molecule has 3 N–H and O–H groups in total. The van der Waals surface area contributed by atoms with Gasteiger partial charge in [-0.05, 0) is 34.6 Å².